The standard InChI is InChI=1S/C16H12ClNO2S3/c17-12-7-9-13(10-8-12)22-15-5-2-1-4-14(15)18-23(19,20)16-6-3-11-21-16/h1-11,18H. The van der Waals surface area contributed by atoms with Gasteiger partial charge in [0, 0.05) is 14.8 Å². The predicted octanol–water partition coefficient (Wildman–Crippen LogP) is 5.35. The molecule has 3 rings (SSSR count). The van der Waals surface area contributed by atoms with E-state index < -0.39 is 10.0 Å². The van der Waals surface area contributed by atoms with Gasteiger partial charge >= 0.3 is 0 Å². The molecule has 1 aromatic heterocycles. The van der Waals surface area contributed by atoms with Crippen LogP contribution < -0.4 is 4.72 Å². The van der Waals surface area contributed by atoms with E-state index in [-0.39, 0.29) is 0 Å². The van der Waals surface area contributed by atoms with Crippen LogP contribution in [0.5, 0.6) is 0 Å². The molecule has 0 bridgehead atoms. The van der Waals surface area contributed by atoms with Gasteiger partial charge in [0.2, 0.25) is 0 Å². The van der Waals surface area contributed by atoms with Gasteiger partial charge < -0.3 is 0 Å². The first-order valence-corrected chi connectivity index (χ1v) is 10.2. The fourth-order valence-corrected chi connectivity index (χ4v) is 5.05. The van der Waals surface area contributed by atoms with Crippen molar-refractivity contribution in [3.8, 4) is 0 Å². The minimum Gasteiger partial charge on any atom is -0.278 e. The van der Waals surface area contributed by atoms with E-state index in [9.17, 15) is 8.42 Å². The molecule has 0 aliphatic heterocycles. The van der Waals surface area contributed by atoms with Crippen molar-refractivity contribution >= 4 is 50.4 Å². The first kappa shape index (κ1) is 16.4. The van der Waals surface area contributed by atoms with Gasteiger partial charge in [0.15, 0.2) is 0 Å². The van der Waals surface area contributed by atoms with Gasteiger partial charge in [-0.1, -0.05) is 41.6 Å². The van der Waals surface area contributed by atoms with Gasteiger partial charge in [0.1, 0.15) is 4.21 Å². The maximum atomic E-state index is 12.4. The lowest BCUT2D eigenvalue weighted by Gasteiger charge is -2.11. The summed E-state index contributed by atoms with van der Waals surface area (Å²) in [6.45, 7) is 0. The third-order valence-corrected chi connectivity index (χ3v) is 7.03. The van der Waals surface area contributed by atoms with Crippen LogP contribution >= 0.6 is 34.7 Å². The summed E-state index contributed by atoms with van der Waals surface area (Å²) < 4.78 is 27.7. The number of sulfonamides is 1. The first-order chi connectivity index (χ1) is 11.0. The van der Waals surface area contributed by atoms with Crippen molar-refractivity contribution in [2.75, 3.05) is 4.72 Å². The molecular formula is C16H12ClNO2S3. The lowest BCUT2D eigenvalue weighted by molar-refractivity contribution is 0.603. The summed E-state index contributed by atoms with van der Waals surface area (Å²) >= 11 is 8.56. The van der Waals surface area contributed by atoms with Crippen LogP contribution in [0.1, 0.15) is 0 Å². The smallest absolute Gasteiger partial charge is 0.271 e. The second-order valence-electron chi connectivity index (χ2n) is 4.59. The molecular weight excluding hydrogens is 370 g/mol. The molecule has 0 aliphatic rings. The second-order valence-corrected chi connectivity index (χ2v) is 9.00. The van der Waals surface area contributed by atoms with Crippen LogP contribution in [0.15, 0.2) is 80.0 Å². The summed E-state index contributed by atoms with van der Waals surface area (Å²) in [6.07, 6.45) is 0. The summed E-state index contributed by atoms with van der Waals surface area (Å²) in [6, 6.07) is 18.0. The van der Waals surface area contributed by atoms with Crippen LogP contribution in [0.2, 0.25) is 5.02 Å². The molecule has 0 aliphatic carbocycles. The van der Waals surface area contributed by atoms with Gasteiger partial charge in [-0.05, 0) is 47.8 Å². The molecule has 0 spiro atoms. The zero-order chi connectivity index (χ0) is 16.3. The highest BCUT2D eigenvalue weighted by Crippen LogP contribution is 2.35. The minimum absolute atomic E-state index is 0.295. The number of para-hydroxylation sites is 1. The molecule has 3 nitrogen and oxygen atoms in total. The van der Waals surface area contributed by atoms with E-state index in [4.69, 9.17) is 11.6 Å². The van der Waals surface area contributed by atoms with Gasteiger partial charge in [0.05, 0.1) is 5.69 Å². The zero-order valence-electron chi connectivity index (χ0n) is 11.8. The zero-order valence-corrected chi connectivity index (χ0v) is 15.0. The maximum Gasteiger partial charge on any atom is 0.271 e. The quantitative estimate of drug-likeness (QED) is 0.647. The maximum absolute atomic E-state index is 12.4. The van der Waals surface area contributed by atoms with Gasteiger partial charge in [0.25, 0.3) is 10.0 Å². The van der Waals surface area contributed by atoms with E-state index in [1.165, 1.54) is 23.1 Å². The molecule has 0 saturated heterocycles. The molecule has 0 saturated carbocycles. The summed E-state index contributed by atoms with van der Waals surface area (Å²) in [5.74, 6) is 0. The Bertz CT molecular complexity index is 891. The third-order valence-electron chi connectivity index (χ3n) is 2.93. The first-order valence-electron chi connectivity index (χ1n) is 6.63. The Morgan fingerprint density at radius 1 is 0.957 bits per heavy atom. The number of anilines is 1. The topological polar surface area (TPSA) is 46.2 Å². The van der Waals surface area contributed by atoms with Crippen LogP contribution in [0.4, 0.5) is 5.69 Å². The van der Waals surface area contributed by atoms with E-state index in [2.05, 4.69) is 4.72 Å². The molecule has 0 unspecified atom stereocenters. The van der Waals surface area contributed by atoms with Crippen LogP contribution in [-0.4, -0.2) is 8.42 Å². The van der Waals surface area contributed by atoms with Crippen molar-refractivity contribution < 1.29 is 8.42 Å². The molecule has 1 heterocycles. The largest absolute Gasteiger partial charge is 0.278 e. The highest BCUT2D eigenvalue weighted by molar-refractivity contribution is 7.99. The third kappa shape index (κ3) is 4.09. The summed E-state index contributed by atoms with van der Waals surface area (Å²) in [7, 11) is -3.56. The summed E-state index contributed by atoms with van der Waals surface area (Å²) in [4.78, 5) is 1.81. The van der Waals surface area contributed by atoms with Crippen molar-refractivity contribution in [2.45, 2.75) is 14.0 Å². The van der Waals surface area contributed by atoms with Crippen LogP contribution in [0.25, 0.3) is 0 Å². The Morgan fingerprint density at radius 3 is 2.39 bits per heavy atom. The Balaban J connectivity index is 1.88. The molecule has 0 fully saturated rings. The summed E-state index contributed by atoms with van der Waals surface area (Å²) in [5, 5.41) is 2.41. The number of halogens is 1. The average Bonchev–Trinajstić information content (AvgIpc) is 3.06. The van der Waals surface area contributed by atoms with Crippen molar-refractivity contribution in [2.24, 2.45) is 0 Å². The predicted molar refractivity (Wildman–Crippen MR) is 97.1 cm³/mol. The van der Waals surface area contributed by atoms with Gasteiger partial charge in [-0.2, -0.15) is 0 Å². The minimum atomic E-state index is -3.56. The lowest BCUT2D eigenvalue weighted by atomic mass is 10.3. The number of hydrogen-bond donors (Lipinski definition) is 1. The fraction of sp³-hybridized carbons (Fsp3) is 0. The Morgan fingerprint density at radius 2 is 1.70 bits per heavy atom. The van der Waals surface area contributed by atoms with Crippen LogP contribution in [0.3, 0.4) is 0 Å². The van der Waals surface area contributed by atoms with Gasteiger partial charge in [-0.3, -0.25) is 4.72 Å². The number of benzene rings is 2. The van der Waals surface area contributed by atoms with Crippen molar-refractivity contribution in [3.05, 3.63) is 71.1 Å². The molecule has 0 radical (unpaired) electrons. The van der Waals surface area contributed by atoms with Crippen LogP contribution in [0, 0.1) is 0 Å². The van der Waals surface area contributed by atoms with Gasteiger partial charge in [-0.15, -0.1) is 11.3 Å². The number of nitrogens with one attached hydrogen (secondary N) is 1. The van der Waals surface area contributed by atoms with Crippen molar-refractivity contribution in [1.29, 1.82) is 0 Å². The highest BCUT2D eigenvalue weighted by Gasteiger charge is 2.17. The number of hydrogen-bond acceptors (Lipinski definition) is 4. The van der Waals surface area contributed by atoms with Crippen LogP contribution in [-0.2, 0) is 10.0 Å². The van der Waals surface area contributed by atoms with Crippen molar-refractivity contribution in [3.63, 3.8) is 0 Å². The molecule has 0 amide bonds. The Hall–Kier alpha value is -1.47. The van der Waals surface area contributed by atoms with Crippen molar-refractivity contribution in [1.82, 2.24) is 0 Å². The number of thiophene rings is 1. The normalized spacial score (nSPS) is 11.3. The number of rotatable bonds is 5. The molecule has 23 heavy (non-hydrogen) atoms. The van der Waals surface area contributed by atoms with Gasteiger partial charge in [-0.25, -0.2) is 8.42 Å². The SMILES string of the molecule is O=S(=O)(Nc1ccccc1Sc1ccc(Cl)cc1)c1cccs1. The Kier molecular flexibility index (Phi) is 4.96. The molecule has 7 heteroatoms. The van der Waals surface area contributed by atoms with E-state index in [1.807, 2.05) is 36.4 Å². The molecule has 3 aromatic rings. The second kappa shape index (κ2) is 6.97. The fourth-order valence-electron chi connectivity index (χ4n) is 1.88. The van der Waals surface area contributed by atoms with E-state index in [1.54, 1.807) is 29.6 Å². The van der Waals surface area contributed by atoms with E-state index >= 15 is 0 Å². The molecule has 118 valence electrons. The molecule has 2 aromatic carbocycles. The lowest BCUT2D eigenvalue weighted by Crippen LogP contribution is -2.12. The van der Waals surface area contributed by atoms with E-state index in [0.717, 1.165) is 9.79 Å². The summed E-state index contributed by atoms with van der Waals surface area (Å²) in [5.41, 5.74) is 0.556. The monoisotopic (exact) mass is 381 g/mol. The van der Waals surface area contributed by atoms with E-state index in [0.29, 0.717) is 14.9 Å². The highest BCUT2D eigenvalue weighted by atomic mass is 35.5. The Labute approximate surface area is 148 Å². The molecule has 1 N–H and O–H groups in total. The molecule has 0 atom stereocenters. The average molecular weight is 382 g/mol.